The van der Waals surface area contributed by atoms with Gasteiger partial charge in [-0.05, 0) is 43.3 Å². The standard InChI is InChI=1S/C20H19ClN8S/c1-2-29-17(13-8-10-14(21)11-9-13)27-28-20(29)30-12-16-24-18(22)26-19(25-16)23-15-6-4-3-5-7-15/h3-11H,2,12H2,1H3,(H3,22,23,24,25,26). The van der Waals surface area contributed by atoms with Crippen LogP contribution >= 0.6 is 23.4 Å². The maximum atomic E-state index is 5.99. The molecule has 2 heterocycles. The second kappa shape index (κ2) is 9.10. The average molecular weight is 439 g/mol. The van der Waals surface area contributed by atoms with E-state index in [1.165, 1.54) is 11.8 Å². The Morgan fingerprint density at radius 1 is 1.00 bits per heavy atom. The summed E-state index contributed by atoms with van der Waals surface area (Å²) < 4.78 is 2.04. The van der Waals surface area contributed by atoms with Crippen LogP contribution in [0.2, 0.25) is 5.02 Å². The van der Waals surface area contributed by atoms with Crippen molar-refractivity contribution in [1.82, 2.24) is 29.7 Å². The molecule has 4 aromatic rings. The summed E-state index contributed by atoms with van der Waals surface area (Å²) in [5.74, 6) is 2.40. The van der Waals surface area contributed by atoms with E-state index in [1.807, 2.05) is 59.2 Å². The molecule has 3 N–H and O–H groups in total. The molecular weight excluding hydrogens is 420 g/mol. The fourth-order valence-electron chi connectivity index (χ4n) is 2.83. The maximum Gasteiger partial charge on any atom is 0.232 e. The van der Waals surface area contributed by atoms with Crippen LogP contribution in [0, 0.1) is 0 Å². The molecule has 0 fully saturated rings. The zero-order valence-corrected chi connectivity index (χ0v) is 17.7. The summed E-state index contributed by atoms with van der Waals surface area (Å²) in [5.41, 5.74) is 7.71. The number of rotatable bonds is 7. The van der Waals surface area contributed by atoms with E-state index in [0.29, 0.717) is 22.5 Å². The Balaban J connectivity index is 1.51. The third kappa shape index (κ3) is 4.69. The maximum absolute atomic E-state index is 5.99. The van der Waals surface area contributed by atoms with Gasteiger partial charge in [-0.1, -0.05) is 41.6 Å². The zero-order valence-electron chi connectivity index (χ0n) is 16.2. The molecule has 10 heteroatoms. The van der Waals surface area contributed by atoms with Gasteiger partial charge in [-0.2, -0.15) is 15.0 Å². The highest BCUT2D eigenvalue weighted by Gasteiger charge is 2.14. The fourth-order valence-corrected chi connectivity index (χ4v) is 3.81. The van der Waals surface area contributed by atoms with Crippen molar-refractivity contribution in [3.63, 3.8) is 0 Å². The average Bonchev–Trinajstić information content (AvgIpc) is 3.16. The quantitative estimate of drug-likeness (QED) is 0.408. The molecule has 0 unspecified atom stereocenters. The van der Waals surface area contributed by atoms with E-state index in [2.05, 4.69) is 37.4 Å². The van der Waals surface area contributed by atoms with E-state index in [0.717, 1.165) is 28.8 Å². The minimum absolute atomic E-state index is 0.165. The van der Waals surface area contributed by atoms with Gasteiger partial charge < -0.3 is 15.6 Å². The van der Waals surface area contributed by atoms with Crippen LogP contribution in [0.25, 0.3) is 11.4 Å². The molecule has 0 aliphatic rings. The molecule has 152 valence electrons. The van der Waals surface area contributed by atoms with Crippen molar-refractivity contribution in [2.24, 2.45) is 0 Å². The van der Waals surface area contributed by atoms with E-state index >= 15 is 0 Å². The Bertz CT molecular complexity index is 1130. The lowest BCUT2D eigenvalue weighted by Crippen LogP contribution is -2.07. The van der Waals surface area contributed by atoms with Crippen LogP contribution in [0.1, 0.15) is 12.7 Å². The highest BCUT2D eigenvalue weighted by molar-refractivity contribution is 7.98. The van der Waals surface area contributed by atoms with Gasteiger partial charge in [-0.15, -0.1) is 10.2 Å². The first-order valence-corrected chi connectivity index (χ1v) is 10.6. The Kier molecular flexibility index (Phi) is 6.10. The van der Waals surface area contributed by atoms with E-state index < -0.39 is 0 Å². The first-order valence-electron chi connectivity index (χ1n) is 9.27. The summed E-state index contributed by atoms with van der Waals surface area (Å²) in [6, 6.07) is 17.2. The highest BCUT2D eigenvalue weighted by atomic mass is 35.5. The molecule has 30 heavy (non-hydrogen) atoms. The minimum atomic E-state index is 0.165. The Labute approximate surface area is 182 Å². The predicted octanol–water partition coefficient (Wildman–Crippen LogP) is 4.42. The number of nitrogens with one attached hydrogen (secondary N) is 1. The topological polar surface area (TPSA) is 107 Å². The van der Waals surface area contributed by atoms with Gasteiger partial charge >= 0.3 is 0 Å². The third-order valence-corrected chi connectivity index (χ3v) is 5.41. The molecule has 2 aromatic heterocycles. The molecule has 0 radical (unpaired) electrons. The lowest BCUT2D eigenvalue weighted by atomic mass is 10.2. The van der Waals surface area contributed by atoms with Gasteiger partial charge in [0.2, 0.25) is 11.9 Å². The van der Waals surface area contributed by atoms with Crippen LogP contribution in [-0.4, -0.2) is 29.7 Å². The molecule has 0 saturated carbocycles. The van der Waals surface area contributed by atoms with Crippen LogP contribution in [0.3, 0.4) is 0 Å². The number of benzene rings is 2. The van der Waals surface area contributed by atoms with Crippen molar-refractivity contribution in [3.05, 3.63) is 65.4 Å². The summed E-state index contributed by atoms with van der Waals surface area (Å²) in [5, 5.41) is 13.3. The monoisotopic (exact) mass is 438 g/mol. The molecule has 0 spiro atoms. The highest BCUT2D eigenvalue weighted by Crippen LogP contribution is 2.27. The van der Waals surface area contributed by atoms with Gasteiger partial charge in [0.05, 0.1) is 5.75 Å². The van der Waals surface area contributed by atoms with Gasteiger partial charge in [0, 0.05) is 22.8 Å². The number of anilines is 3. The van der Waals surface area contributed by atoms with Crippen molar-refractivity contribution in [2.45, 2.75) is 24.4 Å². The third-order valence-electron chi connectivity index (χ3n) is 4.19. The molecule has 8 nitrogen and oxygen atoms in total. The predicted molar refractivity (Wildman–Crippen MR) is 120 cm³/mol. The zero-order chi connectivity index (χ0) is 20.9. The van der Waals surface area contributed by atoms with Crippen molar-refractivity contribution in [1.29, 1.82) is 0 Å². The summed E-state index contributed by atoms with van der Waals surface area (Å²) in [4.78, 5) is 12.9. The van der Waals surface area contributed by atoms with Crippen LogP contribution in [0.15, 0.2) is 59.8 Å². The molecule has 0 atom stereocenters. The van der Waals surface area contributed by atoms with Gasteiger partial charge in [-0.25, -0.2) is 0 Å². The van der Waals surface area contributed by atoms with Gasteiger partial charge in [0.1, 0.15) is 5.82 Å². The van der Waals surface area contributed by atoms with Crippen LogP contribution in [0.4, 0.5) is 17.6 Å². The summed E-state index contributed by atoms with van der Waals surface area (Å²) in [7, 11) is 0. The van der Waals surface area contributed by atoms with Crippen molar-refractivity contribution in [2.75, 3.05) is 11.1 Å². The summed E-state index contributed by atoms with van der Waals surface area (Å²) in [6.07, 6.45) is 0. The van der Waals surface area contributed by atoms with Crippen LogP contribution in [0.5, 0.6) is 0 Å². The number of hydrogen-bond donors (Lipinski definition) is 2. The van der Waals surface area contributed by atoms with E-state index in [4.69, 9.17) is 17.3 Å². The fraction of sp³-hybridized carbons (Fsp3) is 0.150. The molecule has 4 rings (SSSR count). The second-order valence-corrected chi connectivity index (χ2v) is 7.65. The number of halogens is 1. The lowest BCUT2D eigenvalue weighted by Gasteiger charge is -2.08. The SMILES string of the molecule is CCn1c(SCc2nc(N)nc(Nc3ccccc3)n2)nnc1-c1ccc(Cl)cc1. The molecule has 2 aromatic carbocycles. The first-order chi connectivity index (χ1) is 14.6. The number of thioether (sulfide) groups is 1. The molecule has 0 aliphatic carbocycles. The van der Waals surface area contributed by atoms with Gasteiger partial charge in [0.25, 0.3) is 0 Å². The minimum Gasteiger partial charge on any atom is -0.368 e. The van der Waals surface area contributed by atoms with Crippen LogP contribution < -0.4 is 11.1 Å². The smallest absolute Gasteiger partial charge is 0.232 e. The van der Waals surface area contributed by atoms with Gasteiger partial charge in [0.15, 0.2) is 11.0 Å². The van der Waals surface area contributed by atoms with Crippen molar-refractivity contribution >= 4 is 40.9 Å². The number of nitrogen functional groups attached to an aromatic ring is 1. The molecular formula is C20H19ClN8S. The Hall–Kier alpha value is -3.17. The molecule has 0 bridgehead atoms. The Morgan fingerprint density at radius 2 is 1.77 bits per heavy atom. The van der Waals surface area contributed by atoms with E-state index in [1.54, 1.807) is 0 Å². The van der Waals surface area contributed by atoms with Crippen molar-refractivity contribution in [3.8, 4) is 11.4 Å². The van der Waals surface area contributed by atoms with Crippen molar-refractivity contribution < 1.29 is 0 Å². The molecule has 0 amide bonds. The van der Waals surface area contributed by atoms with E-state index in [9.17, 15) is 0 Å². The number of para-hydroxylation sites is 1. The largest absolute Gasteiger partial charge is 0.368 e. The number of hydrogen-bond acceptors (Lipinski definition) is 8. The second-order valence-electron chi connectivity index (χ2n) is 6.27. The van der Waals surface area contributed by atoms with E-state index in [-0.39, 0.29) is 5.95 Å². The van der Waals surface area contributed by atoms with Crippen LogP contribution in [-0.2, 0) is 12.3 Å². The van der Waals surface area contributed by atoms with Gasteiger partial charge in [-0.3, -0.25) is 0 Å². The normalized spacial score (nSPS) is 10.9. The summed E-state index contributed by atoms with van der Waals surface area (Å²) in [6.45, 7) is 2.78. The molecule has 0 saturated heterocycles. The Morgan fingerprint density at radius 3 is 2.50 bits per heavy atom. The first kappa shape index (κ1) is 20.1. The molecule has 0 aliphatic heterocycles. The number of nitrogens with two attached hydrogens (primary N) is 1. The summed E-state index contributed by atoms with van der Waals surface area (Å²) >= 11 is 7.49. The lowest BCUT2D eigenvalue weighted by molar-refractivity contribution is 0.687. The number of aromatic nitrogens is 6. The number of nitrogens with zero attached hydrogens (tertiary/aromatic N) is 6.